The first-order valence-corrected chi connectivity index (χ1v) is 7.42. The summed E-state index contributed by atoms with van der Waals surface area (Å²) in [5.74, 6) is 0.0476. The predicted octanol–water partition coefficient (Wildman–Crippen LogP) is 2.02. The molecule has 0 aliphatic rings. The minimum Gasteiger partial charge on any atom is -0.391 e. The Balaban J connectivity index is 2.63. The molecule has 1 amide bonds. The van der Waals surface area contributed by atoms with Gasteiger partial charge in [-0.2, -0.15) is 4.37 Å². The number of aromatic nitrogens is 1. The summed E-state index contributed by atoms with van der Waals surface area (Å²) in [6.07, 6.45) is 1.33. The van der Waals surface area contributed by atoms with Crippen LogP contribution in [0.1, 0.15) is 42.7 Å². The Morgan fingerprint density at radius 3 is 2.58 bits per heavy atom. The van der Waals surface area contributed by atoms with Crippen LogP contribution < -0.4 is 10.6 Å². The Morgan fingerprint density at radius 2 is 2.05 bits per heavy atom. The van der Waals surface area contributed by atoms with Gasteiger partial charge in [0.05, 0.1) is 17.4 Å². The molecule has 0 aliphatic heterocycles. The number of aryl methyl sites for hydroxylation is 1. The number of nitrogens with one attached hydrogen (secondary N) is 2. The summed E-state index contributed by atoms with van der Waals surface area (Å²) in [7, 11) is 1.77. The fourth-order valence-corrected chi connectivity index (χ4v) is 2.84. The lowest BCUT2D eigenvalue weighted by atomic mass is 9.96. The first-order valence-electron chi connectivity index (χ1n) is 6.65. The molecule has 3 N–H and O–H groups in total. The van der Waals surface area contributed by atoms with E-state index in [1.165, 1.54) is 11.5 Å². The van der Waals surface area contributed by atoms with Crippen molar-refractivity contribution in [2.45, 2.75) is 39.7 Å². The molecule has 1 unspecified atom stereocenters. The van der Waals surface area contributed by atoms with Crippen LogP contribution in [0.25, 0.3) is 0 Å². The Bertz CT molecular complexity index is 416. The zero-order chi connectivity index (χ0) is 14.4. The Hall–Kier alpha value is -1.14. The van der Waals surface area contributed by atoms with E-state index in [9.17, 15) is 9.90 Å². The highest BCUT2D eigenvalue weighted by atomic mass is 32.1. The normalized spacial score (nSPS) is 12.5. The number of rotatable bonds is 7. The number of carbonyl (C=O) groups is 1. The average molecular weight is 285 g/mol. The molecule has 1 aromatic heterocycles. The van der Waals surface area contributed by atoms with Gasteiger partial charge in [-0.3, -0.25) is 4.79 Å². The Kier molecular flexibility index (Phi) is 6.24. The molecule has 108 valence electrons. The van der Waals surface area contributed by atoms with Crippen LogP contribution in [0.2, 0.25) is 0 Å². The van der Waals surface area contributed by atoms with Crippen LogP contribution in [0.3, 0.4) is 0 Å². The van der Waals surface area contributed by atoms with Crippen molar-refractivity contribution in [2.75, 3.05) is 18.9 Å². The number of hydrogen-bond acceptors (Lipinski definition) is 5. The van der Waals surface area contributed by atoms with Gasteiger partial charge in [0.1, 0.15) is 5.00 Å². The fourth-order valence-electron chi connectivity index (χ4n) is 2.09. The van der Waals surface area contributed by atoms with Crippen molar-refractivity contribution in [1.82, 2.24) is 9.69 Å². The van der Waals surface area contributed by atoms with Crippen molar-refractivity contribution in [3.05, 3.63) is 11.3 Å². The van der Waals surface area contributed by atoms with E-state index in [2.05, 4.69) is 15.0 Å². The van der Waals surface area contributed by atoms with Crippen LogP contribution in [-0.4, -0.2) is 35.1 Å². The lowest BCUT2D eigenvalue weighted by Crippen LogP contribution is -2.36. The highest BCUT2D eigenvalue weighted by Crippen LogP contribution is 2.23. The molecule has 19 heavy (non-hydrogen) atoms. The quantitative estimate of drug-likeness (QED) is 0.716. The predicted molar refractivity (Wildman–Crippen MR) is 78.8 cm³/mol. The molecule has 0 saturated heterocycles. The van der Waals surface area contributed by atoms with Gasteiger partial charge >= 0.3 is 0 Å². The minimum atomic E-state index is -0.496. The molecular weight excluding hydrogens is 262 g/mol. The van der Waals surface area contributed by atoms with Gasteiger partial charge in [0.15, 0.2) is 0 Å². The molecular formula is C13H23N3O2S. The van der Waals surface area contributed by atoms with Crippen LogP contribution in [0, 0.1) is 12.8 Å². The molecule has 6 heteroatoms. The smallest absolute Gasteiger partial charge is 0.256 e. The highest BCUT2D eigenvalue weighted by Gasteiger charge is 2.20. The van der Waals surface area contributed by atoms with Crippen LogP contribution in [-0.2, 0) is 0 Å². The van der Waals surface area contributed by atoms with E-state index in [4.69, 9.17) is 0 Å². The summed E-state index contributed by atoms with van der Waals surface area (Å²) in [5.41, 5.74) is 1.29. The number of hydrogen-bond donors (Lipinski definition) is 3. The third-order valence-electron chi connectivity index (χ3n) is 3.38. The topological polar surface area (TPSA) is 74.2 Å². The molecule has 0 fully saturated rings. The summed E-state index contributed by atoms with van der Waals surface area (Å²) in [6, 6.07) is 0. The van der Waals surface area contributed by atoms with Gasteiger partial charge in [-0.25, -0.2) is 0 Å². The summed E-state index contributed by atoms with van der Waals surface area (Å²) in [6.45, 7) is 6.18. The van der Waals surface area contributed by atoms with Gasteiger partial charge in [0.25, 0.3) is 5.91 Å². The SMILES string of the molecule is CCC(CC)C(O)CNC(=O)c1c(C)nsc1NC. The van der Waals surface area contributed by atoms with Crippen LogP contribution in [0.5, 0.6) is 0 Å². The average Bonchev–Trinajstić information content (AvgIpc) is 2.78. The lowest BCUT2D eigenvalue weighted by Gasteiger charge is -2.20. The second-order valence-electron chi connectivity index (χ2n) is 4.58. The molecule has 0 bridgehead atoms. The highest BCUT2D eigenvalue weighted by molar-refractivity contribution is 7.10. The van der Waals surface area contributed by atoms with Gasteiger partial charge < -0.3 is 15.7 Å². The van der Waals surface area contributed by atoms with Crippen LogP contribution in [0.15, 0.2) is 0 Å². The van der Waals surface area contributed by atoms with E-state index in [1.807, 2.05) is 20.8 Å². The standard InChI is InChI=1S/C13H23N3O2S/c1-5-9(6-2)10(17)7-15-12(18)11-8(3)16-19-13(11)14-4/h9-10,14,17H,5-7H2,1-4H3,(H,15,18). The Labute approximate surface area is 118 Å². The van der Waals surface area contributed by atoms with Crippen molar-refractivity contribution in [2.24, 2.45) is 5.92 Å². The number of carbonyl (C=O) groups excluding carboxylic acids is 1. The molecule has 0 saturated carbocycles. The summed E-state index contributed by atoms with van der Waals surface area (Å²) in [5, 5.41) is 16.5. The monoisotopic (exact) mass is 285 g/mol. The second kappa shape index (κ2) is 7.45. The number of aliphatic hydroxyl groups is 1. The zero-order valence-electron chi connectivity index (χ0n) is 12.0. The maximum Gasteiger partial charge on any atom is 0.256 e. The van der Waals surface area contributed by atoms with E-state index < -0.39 is 6.10 Å². The van der Waals surface area contributed by atoms with Crippen LogP contribution >= 0.6 is 11.5 Å². The van der Waals surface area contributed by atoms with Gasteiger partial charge in [0.2, 0.25) is 0 Å². The Morgan fingerprint density at radius 1 is 1.42 bits per heavy atom. The maximum absolute atomic E-state index is 12.1. The molecule has 0 aromatic carbocycles. The summed E-state index contributed by atoms with van der Waals surface area (Å²) >= 11 is 1.27. The second-order valence-corrected chi connectivity index (χ2v) is 5.35. The third kappa shape index (κ3) is 3.91. The molecule has 1 rings (SSSR count). The van der Waals surface area contributed by atoms with Gasteiger partial charge in [0, 0.05) is 13.6 Å². The van der Waals surface area contributed by atoms with Gasteiger partial charge in [-0.15, -0.1) is 0 Å². The van der Waals surface area contributed by atoms with Gasteiger partial charge in [-0.1, -0.05) is 26.7 Å². The zero-order valence-corrected chi connectivity index (χ0v) is 12.8. The van der Waals surface area contributed by atoms with Crippen LogP contribution in [0.4, 0.5) is 5.00 Å². The van der Waals surface area contributed by atoms with Crippen molar-refractivity contribution in [1.29, 1.82) is 0 Å². The van der Waals surface area contributed by atoms with Gasteiger partial charge in [-0.05, 0) is 24.4 Å². The van der Waals surface area contributed by atoms with E-state index in [0.717, 1.165) is 17.8 Å². The molecule has 0 aliphatic carbocycles. The molecule has 1 aromatic rings. The lowest BCUT2D eigenvalue weighted by molar-refractivity contribution is 0.0817. The van der Waals surface area contributed by atoms with E-state index in [1.54, 1.807) is 7.05 Å². The number of aliphatic hydroxyl groups excluding tert-OH is 1. The summed E-state index contributed by atoms with van der Waals surface area (Å²) < 4.78 is 4.16. The summed E-state index contributed by atoms with van der Waals surface area (Å²) in [4.78, 5) is 12.1. The number of nitrogens with zero attached hydrogens (tertiary/aromatic N) is 1. The molecule has 0 spiro atoms. The molecule has 1 atom stereocenters. The minimum absolute atomic E-state index is 0.180. The first-order chi connectivity index (χ1) is 9.04. The maximum atomic E-state index is 12.1. The first kappa shape index (κ1) is 15.9. The van der Waals surface area contributed by atoms with Crippen molar-refractivity contribution < 1.29 is 9.90 Å². The van der Waals surface area contributed by atoms with E-state index >= 15 is 0 Å². The van der Waals surface area contributed by atoms with Crippen molar-refractivity contribution in [3.8, 4) is 0 Å². The molecule has 0 radical (unpaired) electrons. The fraction of sp³-hybridized carbons (Fsp3) is 0.692. The van der Waals surface area contributed by atoms with Crippen molar-refractivity contribution >= 4 is 22.4 Å². The third-order valence-corrected chi connectivity index (χ3v) is 4.34. The van der Waals surface area contributed by atoms with Crippen molar-refractivity contribution in [3.63, 3.8) is 0 Å². The molecule has 5 nitrogen and oxygen atoms in total. The molecule has 1 heterocycles. The van der Waals surface area contributed by atoms with E-state index in [0.29, 0.717) is 11.3 Å². The van der Waals surface area contributed by atoms with E-state index in [-0.39, 0.29) is 18.4 Å². The largest absolute Gasteiger partial charge is 0.391 e. The number of anilines is 1. The number of amides is 1.